The molecule has 31 heavy (non-hydrogen) atoms. The van der Waals surface area contributed by atoms with E-state index in [0.717, 1.165) is 49.9 Å². The maximum atomic E-state index is 13.0. The summed E-state index contributed by atoms with van der Waals surface area (Å²) in [5.74, 6) is -0.0484. The molecular formula is C23H24Cl2N2O3S. The second-order valence-corrected chi connectivity index (χ2v) is 10.7. The van der Waals surface area contributed by atoms with Crippen LogP contribution in [0.4, 0.5) is 0 Å². The summed E-state index contributed by atoms with van der Waals surface area (Å²) in [4.78, 5) is 13.3. The molecule has 0 bridgehead atoms. The molecule has 2 N–H and O–H groups in total. The zero-order valence-corrected chi connectivity index (χ0v) is 19.2. The molecule has 0 spiro atoms. The van der Waals surface area contributed by atoms with Gasteiger partial charge in [-0.15, -0.1) is 0 Å². The van der Waals surface area contributed by atoms with Crippen LogP contribution in [0.15, 0.2) is 58.3 Å². The number of nitrogens with one attached hydrogen (secondary N) is 2. The van der Waals surface area contributed by atoms with Crippen molar-refractivity contribution in [2.24, 2.45) is 5.92 Å². The molecule has 1 saturated carbocycles. The van der Waals surface area contributed by atoms with Crippen molar-refractivity contribution in [1.82, 2.24) is 10.6 Å². The average molecular weight is 479 g/mol. The standard InChI is InChI=1S/C23H24Cl2N2O3S/c24-18-5-8-20(21(25)13-18)23(28)27-22(17-9-11-26-12-10-17)16-3-6-19(7-4-16)31(29,30)14-15-1-2-15/h3-8,13-14,17,22,26H,1-2,9-12H2,(H,27,28). The first-order valence-corrected chi connectivity index (χ1v) is 12.6. The number of hydrogen-bond donors (Lipinski definition) is 2. The zero-order chi connectivity index (χ0) is 22.0. The normalized spacial score (nSPS) is 17.8. The quantitative estimate of drug-likeness (QED) is 0.617. The molecule has 1 heterocycles. The molecule has 164 valence electrons. The van der Waals surface area contributed by atoms with Gasteiger partial charge in [0.25, 0.3) is 5.91 Å². The van der Waals surface area contributed by atoms with Gasteiger partial charge in [0.1, 0.15) is 0 Å². The summed E-state index contributed by atoms with van der Waals surface area (Å²) in [5, 5.41) is 8.60. The first-order valence-electron chi connectivity index (χ1n) is 10.3. The molecule has 2 aromatic rings. The first-order chi connectivity index (χ1) is 14.8. The second kappa shape index (κ2) is 9.33. The zero-order valence-electron chi connectivity index (χ0n) is 16.9. The molecule has 8 heteroatoms. The molecule has 2 fully saturated rings. The van der Waals surface area contributed by atoms with E-state index >= 15 is 0 Å². The van der Waals surface area contributed by atoms with E-state index in [4.69, 9.17) is 23.2 Å². The lowest BCUT2D eigenvalue weighted by Crippen LogP contribution is -2.39. The van der Waals surface area contributed by atoms with Gasteiger partial charge in [-0.25, -0.2) is 8.42 Å². The monoisotopic (exact) mass is 478 g/mol. The minimum Gasteiger partial charge on any atom is -0.345 e. The molecule has 4 rings (SSSR count). The minimum atomic E-state index is -3.43. The lowest BCUT2D eigenvalue weighted by molar-refractivity contribution is 0.0914. The molecule has 1 unspecified atom stereocenters. The Hall–Kier alpha value is -1.86. The predicted molar refractivity (Wildman–Crippen MR) is 123 cm³/mol. The van der Waals surface area contributed by atoms with Crippen molar-refractivity contribution in [3.63, 3.8) is 0 Å². The van der Waals surface area contributed by atoms with Crippen molar-refractivity contribution in [1.29, 1.82) is 0 Å². The number of amides is 1. The van der Waals surface area contributed by atoms with Gasteiger partial charge >= 0.3 is 0 Å². The number of benzene rings is 2. The number of halogens is 2. The van der Waals surface area contributed by atoms with Gasteiger partial charge in [-0.05, 0) is 80.6 Å². The van der Waals surface area contributed by atoms with E-state index in [0.29, 0.717) is 15.6 Å². The van der Waals surface area contributed by atoms with Crippen LogP contribution in [0.2, 0.25) is 10.0 Å². The van der Waals surface area contributed by atoms with Gasteiger partial charge in [0, 0.05) is 10.4 Å². The molecule has 0 radical (unpaired) electrons. The SMILES string of the molecule is O=C(NC(c1ccc(S(=O)(=O)C=C2CC2)cc1)C1CCNCC1)c1ccc(Cl)cc1Cl. The predicted octanol–water partition coefficient (Wildman–Crippen LogP) is 4.92. The van der Waals surface area contributed by atoms with Gasteiger partial charge in [0.05, 0.1) is 21.5 Å². The topological polar surface area (TPSA) is 75.3 Å². The highest BCUT2D eigenvalue weighted by atomic mass is 35.5. The fraction of sp³-hybridized carbons (Fsp3) is 0.348. The fourth-order valence-electron chi connectivity index (χ4n) is 3.89. The maximum Gasteiger partial charge on any atom is 0.253 e. The van der Waals surface area contributed by atoms with E-state index in [1.165, 1.54) is 5.41 Å². The highest BCUT2D eigenvalue weighted by Crippen LogP contribution is 2.33. The smallest absolute Gasteiger partial charge is 0.253 e. The number of allylic oxidation sites excluding steroid dienone is 1. The minimum absolute atomic E-state index is 0.229. The largest absolute Gasteiger partial charge is 0.345 e. The van der Waals surface area contributed by atoms with Crippen LogP contribution in [0.1, 0.15) is 47.6 Å². The Labute approximate surface area is 192 Å². The van der Waals surface area contributed by atoms with Crippen LogP contribution in [-0.4, -0.2) is 27.4 Å². The molecule has 0 aromatic heterocycles. The Morgan fingerprint density at radius 2 is 1.74 bits per heavy atom. The van der Waals surface area contributed by atoms with Gasteiger partial charge in [0.15, 0.2) is 9.84 Å². The molecule has 1 atom stereocenters. The Morgan fingerprint density at radius 1 is 1.06 bits per heavy atom. The van der Waals surface area contributed by atoms with Crippen molar-refractivity contribution in [3.8, 4) is 0 Å². The first kappa shape index (κ1) is 22.3. The summed E-state index contributed by atoms with van der Waals surface area (Å²) in [5.41, 5.74) is 2.20. The molecule has 1 saturated heterocycles. The van der Waals surface area contributed by atoms with E-state index in [-0.39, 0.29) is 22.8 Å². The number of carbonyl (C=O) groups is 1. The van der Waals surface area contributed by atoms with Crippen molar-refractivity contribution in [2.75, 3.05) is 13.1 Å². The summed E-state index contributed by atoms with van der Waals surface area (Å²) >= 11 is 12.2. The highest BCUT2D eigenvalue weighted by Gasteiger charge is 2.28. The van der Waals surface area contributed by atoms with Crippen molar-refractivity contribution < 1.29 is 13.2 Å². The van der Waals surface area contributed by atoms with E-state index in [2.05, 4.69) is 10.6 Å². The number of piperidine rings is 1. The van der Waals surface area contributed by atoms with Crippen molar-refractivity contribution in [3.05, 3.63) is 74.6 Å². The van der Waals surface area contributed by atoms with Crippen LogP contribution in [-0.2, 0) is 9.84 Å². The number of hydrogen-bond acceptors (Lipinski definition) is 4. The number of rotatable bonds is 6. The number of carbonyl (C=O) groups excluding carboxylic acids is 1. The molecule has 1 aliphatic carbocycles. The summed E-state index contributed by atoms with van der Waals surface area (Å²) in [6, 6.07) is 11.4. The van der Waals surface area contributed by atoms with Crippen LogP contribution in [0.3, 0.4) is 0 Å². The van der Waals surface area contributed by atoms with Gasteiger partial charge in [-0.1, -0.05) is 40.9 Å². The second-order valence-electron chi connectivity index (χ2n) is 8.05. The molecular weight excluding hydrogens is 455 g/mol. The summed E-state index contributed by atoms with van der Waals surface area (Å²) in [6.45, 7) is 1.75. The Kier molecular flexibility index (Phi) is 6.72. The van der Waals surface area contributed by atoms with E-state index in [1.807, 2.05) is 0 Å². The summed E-state index contributed by atoms with van der Waals surface area (Å²) < 4.78 is 25.0. The fourth-order valence-corrected chi connectivity index (χ4v) is 5.71. The molecule has 1 amide bonds. The highest BCUT2D eigenvalue weighted by molar-refractivity contribution is 7.94. The average Bonchev–Trinajstić information content (AvgIpc) is 3.56. The van der Waals surface area contributed by atoms with Crippen LogP contribution in [0.5, 0.6) is 0 Å². The van der Waals surface area contributed by atoms with Crippen molar-refractivity contribution >= 4 is 38.9 Å². The molecule has 1 aliphatic heterocycles. The lowest BCUT2D eigenvalue weighted by atomic mass is 9.85. The van der Waals surface area contributed by atoms with Crippen LogP contribution in [0, 0.1) is 5.92 Å². The maximum absolute atomic E-state index is 13.0. The van der Waals surface area contributed by atoms with E-state index in [9.17, 15) is 13.2 Å². The van der Waals surface area contributed by atoms with E-state index in [1.54, 1.807) is 42.5 Å². The van der Waals surface area contributed by atoms with Crippen LogP contribution < -0.4 is 10.6 Å². The Morgan fingerprint density at radius 3 is 2.35 bits per heavy atom. The van der Waals surface area contributed by atoms with Crippen molar-refractivity contribution in [2.45, 2.75) is 36.6 Å². The van der Waals surface area contributed by atoms with Gasteiger partial charge in [-0.3, -0.25) is 4.79 Å². The Bertz CT molecular complexity index is 1100. The van der Waals surface area contributed by atoms with Gasteiger partial charge in [-0.2, -0.15) is 0 Å². The third-order valence-electron chi connectivity index (χ3n) is 5.75. The number of sulfone groups is 1. The van der Waals surface area contributed by atoms with E-state index < -0.39 is 9.84 Å². The summed E-state index contributed by atoms with van der Waals surface area (Å²) in [7, 11) is -3.43. The molecule has 2 aliphatic rings. The Balaban J connectivity index is 1.60. The molecule has 5 nitrogen and oxygen atoms in total. The van der Waals surface area contributed by atoms with Crippen LogP contribution in [0.25, 0.3) is 0 Å². The third-order valence-corrected chi connectivity index (χ3v) is 7.87. The molecule has 2 aromatic carbocycles. The van der Waals surface area contributed by atoms with Gasteiger partial charge < -0.3 is 10.6 Å². The lowest BCUT2D eigenvalue weighted by Gasteiger charge is -2.32. The third kappa shape index (κ3) is 5.50. The van der Waals surface area contributed by atoms with Crippen LogP contribution >= 0.6 is 23.2 Å². The van der Waals surface area contributed by atoms with Gasteiger partial charge in [0.2, 0.25) is 0 Å². The summed E-state index contributed by atoms with van der Waals surface area (Å²) in [6.07, 6.45) is 3.53.